The van der Waals surface area contributed by atoms with Crippen LogP contribution in [0, 0.1) is 17.0 Å². The van der Waals surface area contributed by atoms with Gasteiger partial charge in [0.1, 0.15) is 11.6 Å². The number of benzene rings is 2. The van der Waals surface area contributed by atoms with Crippen molar-refractivity contribution in [3.05, 3.63) is 94.2 Å². The van der Waals surface area contributed by atoms with Crippen molar-refractivity contribution in [3.8, 4) is 0 Å². The molecule has 0 amide bonds. The second-order valence-electron chi connectivity index (χ2n) is 7.60. The smallest absolute Gasteiger partial charge is 0.269 e. The van der Waals surface area contributed by atoms with E-state index in [1.807, 2.05) is 37.3 Å². The van der Waals surface area contributed by atoms with Crippen molar-refractivity contribution in [1.29, 1.82) is 0 Å². The number of furan rings is 1. The number of halogens is 1. The van der Waals surface area contributed by atoms with Gasteiger partial charge in [0.05, 0.1) is 35.3 Å². The van der Waals surface area contributed by atoms with Crippen molar-refractivity contribution in [3.63, 3.8) is 0 Å². The van der Waals surface area contributed by atoms with E-state index >= 15 is 0 Å². The van der Waals surface area contributed by atoms with Gasteiger partial charge in [0.15, 0.2) is 5.96 Å². The topological polar surface area (TPSA) is 111 Å². The Morgan fingerprint density at radius 2 is 1.91 bits per heavy atom. The number of aliphatic imine (C=N–C) groups is 1. The minimum Gasteiger partial charge on any atom is -0.467 e. The minimum atomic E-state index is -0.407. The normalized spacial score (nSPS) is 11.3. The number of guanidine groups is 1. The highest BCUT2D eigenvalue weighted by atomic mass is 127. The molecule has 34 heavy (non-hydrogen) atoms. The van der Waals surface area contributed by atoms with Gasteiger partial charge in [-0.2, -0.15) is 0 Å². The summed E-state index contributed by atoms with van der Waals surface area (Å²) in [6, 6.07) is 18.3. The number of rotatable bonds is 9. The number of aromatic nitrogens is 2. The molecule has 0 saturated heterocycles. The monoisotopic (exact) mass is 574 g/mol. The third kappa shape index (κ3) is 6.56. The molecule has 2 aromatic heterocycles. The Kier molecular flexibility index (Phi) is 9.02. The van der Waals surface area contributed by atoms with Crippen molar-refractivity contribution >= 4 is 46.7 Å². The lowest BCUT2D eigenvalue weighted by Gasteiger charge is -2.13. The average molecular weight is 574 g/mol. The average Bonchev–Trinajstić information content (AvgIpc) is 3.45. The van der Waals surface area contributed by atoms with E-state index < -0.39 is 4.92 Å². The number of nitrogens with zero attached hydrogens (tertiary/aromatic N) is 4. The molecule has 10 heteroatoms. The van der Waals surface area contributed by atoms with Crippen LogP contribution in [0.1, 0.15) is 23.6 Å². The first kappa shape index (κ1) is 25.2. The van der Waals surface area contributed by atoms with Gasteiger partial charge in [0.25, 0.3) is 5.69 Å². The number of hydrogen-bond acceptors (Lipinski definition) is 5. The highest BCUT2D eigenvalue weighted by molar-refractivity contribution is 14.0. The fourth-order valence-electron chi connectivity index (χ4n) is 3.57. The number of aryl methyl sites for hydroxylation is 2. The van der Waals surface area contributed by atoms with Gasteiger partial charge in [-0.1, -0.05) is 24.3 Å². The van der Waals surface area contributed by atoms with E-state index in [2.05, 4.69) is 31.2 Å². The zero-order chi connectivity index (χ0) is 23.0. The summed E-state index contributed by atoms with van der Waals surface area (Å²) < 4.78 is 7.61. The zero-order valence-electron chi connectivity index (χ0n) is 18.8. The summed E-state index contributed by atoms with van der Waals surface area (Å²) in [5.41, 5.74) is 3.10. The molecule has 0 saturated carbocycles. The summed E-state index contributed by atoms with van der Waals surface area (Å²) in [6.45, 7) is 4.49. The fourth-order valence-corrected chi connectivity index (χ4v) is 3.57. The predicted octanol–water partition coefficient (Wildman–Crippen LogP) is 4.79. The first-order chi connectivity index (χ1) is 16.1. The maximum Gasteiger partial charge on any atom is 0.269 e. The van der Waals surface area contributed by atoms with Crippen molar-refractivity contribution in [1.82, 2.24) is 20.2 Å². The van der Waals surface area contributed by atoms with Crippen LogP contribution in [0.25, 0.3) is 11.0 Å². The first-order valence-electron chi connectivity index (χ1n) is 10.8. The highest BCUT2D eigenvalue weighted by Crippen LogP contribution is 2.16. The van der Waals surface area contributed by atoms with Crippen LogP contribution in [-0.2, 0) is 19.6 Å². The third-order valence-electron chi connectivity index (χ3n) is 5.27. The number of nitro benzene ring substituents is 1. The molecule has 0 atom stereocenters. The molecule has 4 aromatic rings. The molecule has 0 unspecified atom stereocenters. The number of non-ortho nitro benzene ring substituents is 1. The Morgan fingerprint density at radius 1 is 1.12 bits per heavy atom. The van der Waals surface area contributed by atoms with Crippen molar-refractivity contribution < 1.29 is 9.34 Å². The molecule has 0 fully saturated rings. The van der Waals surface area contributed by atoms with E-state index in [1.165, 1.54) is 12.1 Å². The molecule has 9 nitrogen and oxygen atoms in total. The van der Waals surface area contributed by atoms with Gasteiger partial charge in [-0.3, -0.25) is 10.1 Å². The molecule has 178 valence electrons. The van der Waals surface area contributed by atoms with Crippen LogP contribution in [0.3, 0.4) is 0 Å². The Bertz CT molecular complexity index is 1240. The van der Waals surface area contributed by atoms with E-state index in [9.17, 15) is 10.1 Å². The van der Waals surface area contributed by atoms with Gasteiger partial charge < -0.3 is 19.6 Å². The van der Waals surface area contributed by atoms with Crippen LogP contribution in [0.15, 0.2) is 76.3 Å². The van der Waals surface area contributed by atoms with Crippen molar-refractivity contribution in [2.75, 3.05) is 6.54 Å². The first-order valence-corrected chi connectivity index (χ1v) is 10.8. The van der Waals surface area contributed by atoms with Crippen LogP contribution in [0.4, 0.5) is 5.69 Å². The predicted molar refractivity (Wildman–Crippen MR) is 142 cm³/mol. The molecular formula is C24H27IN6O3. The maximum absolute atomic E-state index is 10.8. The number of nitro groups is 1. The second-order valence-corrected chi connectivity index (χ2v) is 7.60. The van der Waals surface area contributed by atoms with E-state index in [0.717, 1.165) is 47.7 Å². The van der Waals surface area contributed by atoms with Crippen LogP contribution >= 0.6 is 24.0 Å². The van der Waals surface area contributed by atoms with Gasteiger partial charge in [-0.05, 0) is 43.2 Å². The van der Waals surface area contributed by atoms with Crippen LogP contribution in [0.2, 0.25) is 0 Å². The van der Waals surface area contributed by atoms with Crippen molar-refractivity contribution in [2.45, 2.75) is 33.0 Å². The molecule has 0 radical (unpaired) electrons. The van der Waals surface area contributed by atoms with Gasteiger partial charge in [0.2, 0.25) is 0 Å². The Hall–Kier alpha value is -3.41. The van der Waals surface area contributed by atoms with E-state index in [4.69, 9.17) is 4.42 Å². The lowest BCUT2D eigenvalue weighted by atomic mass is 10.2. The molecule has 4 rings (SSSR count). The molecule has 0 aliphatic rings. The Balaban J connectivity index is 0.00000324. The summed E-state index contributed by atoms with van der Waals surface area (Å²) >= 11 is 0. The number of imidazole rings is 1. The summed E-state index contributed by atoms with van der Waals surface area (Å²) in [7, 11) is 0. The van der Waals surface area contributed by atoms with Gasteiger partial charge in [-0.25, -0.2) is 9.98 Å². The molecule has 0 aliphatic heterocycles. The van der Waals surface area contributed by atoms with E-state index in [1.54, 1.807) is 18.4 Å². The molecule has 2 heterocycles. The highest BCUT2D eigenvalue weighted by Gasteiger charge is 2.07. The van der Waals surface area contributed by atoms with Gasteiger partial charge in [0, 0.05) is 25.2 Å². The minimum absolute atomic E-state index is 0. The van der Waals surface area contributed by atoms with Gasteiger partial charge in [-0.15, -0.1) is 24.0 Å². The summed E-state index contributed by atoms with van der Waals surface area (Å²) in [5, 5.41) is 17.5. The van der Waals surface area contributed by atoms with Crippen molar-refractivity contribution in [2.24, 2.45) is 4.99 Å². The molecule has 0 bridgehead atoms. The molecule has 0 aliphatic carbocycles. The number of para-hydroxylation sites is 2. The summed E-state index contributed by atoms with van der Waals surface area (Å²) in [6.07, 6.45) is 2.52. The quantitative estimate of drug-likeness (QED) is 0.0743. The zero-order valence-corrected chi connectivity index (χ0v) is 21.1. The van der Waals surface area contributed by atoms with E-state index in [0.29, 0.717) is 19.0 Å². The van der Waals surface area contributed by atoms with Crippen LogP contribution in [0.5, 0.6) is 0 Å². The largest absolute Gasteiger partial charge is 0.467 e. The number of fused-ring (bicyclic) bond motifs is 1. The lowest BCUT2D eigenvalue weighted by molar-refractivity contribution is -0.384. The van der Waals surface area contributed by atoms with Crippen LogP contribution in [-0.4, -0.2) is 27.0 Å². The fraction of sp³-hybridized carbons (Fsp3) is 0.250. The van der Waals surface area contributed by atoms with E-state index in [-0.39, 0.29) is 29.7 Å². The Morgan fingerprint density at radius 3 is 2.65 bits per heavy atom. The standard InChI is InChI=1S/C24H26N6O3.HI/c1-18-28-22-7-2-3-8-23(22)29(18)14-5-13-25-24(27-17-21-6-4-15-33-21)26-16-19-9-11-20(12-10-19)30(31)32;/h2-4,6-12,15H,5,13-14,16-17H2,1H3,(H2,25,26,27);1H. The third-order valence-corrected chi connectivity index (χ3v) is 5.27. The second kappa shape index (κ2) is 12.2. The number of nitrogens with one attached hydrogen (secondary N) is 2. The van der Waals surface area contributed by atoms with Crippen LogP contribution < -0.4 is 10.6 Å². The molecule has 2 aromatic carbocycles. The molecule has 0 spiro atoms. The summed E-state index contributed by atoms with van der Waals surface area (Å²) in [4.78, 5) is 19.7. The summed E-state index contributed by atoms with van der Waals surface area (Å²) in [5.74, 6) is 2.46. The van der Waals surface area contributed by atoms with Gasteiger partial charge >= 0.3 is 0 Å². The lowest BCUT2D eigenvalue weighted by Crippen LogP contribution is -2.37. The SMILES string of the molecule is Cc1nc2ccccc2n1CCCNC(=NCc1ccc([N+](=O)[O-])cc1)NCc1ccco1.I. The molecule has 2 N–H and O–H groups in total. The molecular weight excluding hydrogens is 547 g/mol. The Labute approximate surface area is 214 Å². The number of hydrogen-bond donors (Lipinski definition) is 2. The maximum atomic E-state index is 10.8.